The van der Waals surface area contributed by atoms with Crippen LogP contribution in [0.5, 0.6) is 11.5 Å². The van der Waals surface area contributed by atoms with E-state index in [2.05, 4.69) is 10.2 Å². The van der Waals surface area contributed by atoms with Crippen molar-refractivity contribution >= 4 is 17.3 Å². The minimum absolute atomic E-state index is 0.267. The highest BCUT2D eigenvalue weighted by Crippen LogP contribution is 2.35. The molecule has 0 radical (unpaired) electrons. The smallest absolute Gasteiger partial charge is 0.231 e. The number of aromatic nitrogens is 2. The summed E-state index contributed by atoms with van der Waals surface area (Å²) in [6.07, 6.45) is 2.41. The predicted octanol–water partition coefficient (Wildman–Crippen LogP) is 4.22. The van der Waals surface area contributed by atoms with E-state index in [-0.39, 0.29) is 6.79 Å². The lowest BCUT2D eigenvalue weighted by molar-refractivity contribution is 0.174. The van der Waals surface area contributed by atoms with Crippen molar-refractivity contribution in [3.8, 4) is 22.9 Å². The molecule has 0 spiro atoms. The van der Waals surface area contributed by atoms with Gasteiger partial charge in [-0.2, -0.15) is 0 Å². The van der Waals surface area contributed by atoms with Gasteiger partial charge in [-0.1, -0.05) is 30.3 Å². The highest BCUT2D eigenvalue weighted by Gasteiger charge is 2.18. The number of anilines is 3. The maximum atomic E-state index is 5.47. The number of hydrogen-bond donors (Lipinski definition) is 1. The topological polar surface area (TPSA) is 59.5 Å². The van der Waals surface area contributed by atoms with Crippen LogP contribution in [0.2, 0.25) is 0 Å². The second-order valence-electron chi connectivity index (χ2n) is 6.69. The van der Waals surface area contributed by atoms with Crippen LogP contribution in [0.3, 0.4) is 0 Å². The molecule has 0 unspecified atom stereocenters. The van der Waals surface area contributed by atoms with Crippen LogP contribution in [0.1, 0.15) is 12.8 Å². The van der Waals surface area contributed by atoms with Gasteiger partial charge < -0.3 is 19.7 Å². The lowest BCUT2D eigenvalue weighted by Gasteiger charge is -2.18. The van der Waals surface area contributed by atoms with E-state index in [1.165, 1.54) is 12.8 Å². The summed E-state index contributed by atoms with van der Waals surface area (Å²) >= 11 is 0. The van der Waals surface area contributed by atoms with Gasteiger partial charge in [0.15, 0.2) is 17.3 Å². The lowest BCUT2D eigenvalue weighted by Crippen LogP contribution is -2.19. The largest absolute Gasteiger partial charge is 0.454 e. The average molecular weight is 360 g/mol. The first-order valence-corrected chi connectivity index (χ1v) is 9.21. The first-order chi connectivity index (χ1) is 13.3. The summed E-state index contributed by atoms with van der Waals surface area (Å²) in [6.45, 7) is 2.34. The standard InChI is InChI=1S/C21H20N4O2/c1-2-6-15(7-3-1)21-23-19(13-20(24-21)25-10-4-5-11-25)22-16-8-9-17-18(12-16)27-14-26-17/h1-3,6-9,12-13H,4-5,10-11,14H2,(H,22,23,24). The van der Waals surface area contributed by atoms with Gasteiger partial charge >= 0.3 is 0 Å². The number of benzene rings is 2. The van der Waals surface area contributed by atoms with Gasteiger partial charge in [0, 0.05) is 36.5 Å². The zero-order valence-electron chi connectivity index (χ0n) is 14.9. The maximum absolute atomic E-state index is 5.47. The van der Waals surface area contributed by atoms with Crippen LogP contribution in [0, 0.1) is 0 Å². The van der Waals surface area contributed by atoms with E-state index >= 15 is 0 Å². The number of hydrogen-bond acceptors (Lipinski definition) is 6. The fourth-order valence-electron chi connectivity index (χ4n) is 3.45. The summed E-state index contributed by atoms with van der Waals surface area (Å²) in [5.41, 5.74) is 1.91. The van der Waals surface area contributed by atoms with Gasteiger partial charge in [0.05, 0.1) is 0 Å². The van der Waals surface area contributed by atoms with Gasteiger partial charge in [0.1, 0.15) is 11.6 Å². The van der Waals surface area contributed by atoms with Gasteiger partial charge in [0.2, 0.25) is 6.79 Å². The molecular formula is C21H20N4O2. The molecule has 27 heavy (non-hydrogen) atoms. The highest BCUT2D eigenvalue weighted by atomic mass is 16.7. The quantitative estimate of drug-likeness (QED) is 0.752. The van der Waals surface area contributed by atoms with Gasteiger partial charge in [-0.05, 0) is 25.0 Å². The van der Waals surface area contributed by atoms with Gasteiger partial charge in [0.25, 0.3) is 0 Å². The van der Waals surface area contributed by atoms with Crippen molar-refractivity contribution in [2.24, 2.45) is 0 Å². The Morgan fingerprint density at radius 3 is 2.52 bits per heavy atom. The fourth-order valence-corrected chi connectivity index (χ4v) is 3.45. The molecule has 3 aromatic rings. The third kappa shape index (κ3) is 3.26. The molecule has 5 rings (SSSR count). The zero-order chi connectivity index (χ0) is 18.1. The molecule has 6 heteroatoms. The van der Waals surface area contributed by atoms with Crippen molar-refractivity contribution in [1.82, 2.24) is 9.97 Å². The Labute approximate surface area is 157 Å². The van der Waals surface area contributed by atoms with Crippen LogP contribution < -0.4 is 19.7 Å². The predicted molar refractivity (Wildman–Crippen MR) is 105 cm³/mol. The van der Waals surface area contributed by atoms with Crippen LogP contribution in [-0.4, -0.2) is 29.9 Å². The molecule has 0 bridgehead atoms. The molecule has 1 N–H and O–H groups in total. The van der Waals surface area contributed by atoms with Crippen molar-refractivity contribution in [3.63, 3.8) is 0 Å². The Bertz CT molecular complexity index is 956. The Balaban J connectivity index is 1.51. The zero-order valence-corrected chi connectivity index (χ0v) is 14.9. The molecule has 2 aromatic carbocycles. The molecular weight excluding hydrogens is 340 g/mol. The SMILES string of the molecule is c1ccc(-c2nc(Nc3ccc4c(c3)OCO4)cc(N3CCCC3)n2)cc1. The maximum Gasteiger partial charge on any atom is 0.231 e. The van der Waals surface area contributed by atoms with Crippen molar-refractivity contribution in [2.45, 2.75) is 12.8 Å². The van der Waals surface area contributed by atoms with Crippen molar-refractivity contribution in [2.75, 3.05) is 30.1 Å². The normalized spacial score (nSPS) is 15.2. The summed E-state index contributed by atoms with van der Waals surface area (Å²) in [7, 11) is 0. The molecule has 0 atom stereocenters. The van der Waals surface area contributed by atoms with E-state index in [9.17, 15) is 0 Å². The van der Waals surface area contributed by atoms with Gasteiger partial charge in [-0.3, -0.25) is 0 Å². The van der Waals surface area contributed by atoms with Crippen molar-refractivity contribution < 1.29 is 9.47 Å². The van der Waals surface area contributed by atoms with Crippen LogP contribution in [-0.2, 0) is 0 Å². The number of ether oxygens (including phenoxy) is 2. The number of nitrogens with one attached hydrogen (secondary N) is 1. The van der Waals surface area contributed by atoms with Crippen LogP contribution in [0.25, 0.3) is 11.4 Å². The summed E-state index contributed by atoms with van der Waals surface area (Å²) in [5.74, 6) is 3.97. The van der Waals surface area contributed by atoms with E-state index in [0.29, 0.717) is 0 Å². The van der Waals surface area contributed by atoms with Crippen molar-refractivity contribution in [1.29, 1.82) is 0 Å². The molecule has 1 fully saturated rings. The molecule has 2 aliphatic heterocycles. The van der Waals surface area contributed by atoms with Crippen molar-refractivity contribution in [3.05, 3.63) is 54.6 Å². The summed E-state index contributed by atoms with van der Waals surface area (Å²) in [4.78, 5) is 11.9. The minimum Gasteiger partial charge on any atom is -0.454 e. The molecule has 0 saturated carbocycles. The number of rotatable bonds is 4. The molecule has 2 aliphatic rings. The molecule has 6 nitrogen and oxygen atoms in total. The van der Waals surface area contributed by atoms with Crippen LogP contribution >= 0.6 is 0 Å². The Hall–Kier alpha value is -3.28. The molecule has 1 saturated heterocycles. The third-order valence-corrected chi connectivity index (χ3v) is 4.82. The monoisotopic (exact) mass is 360 g/mol. The minimum atomic E-state index is 0.267. The van der Waals surface area contributed by atoms with Crippen LogP contribution in [0.15, 0.2) is 54.6 Å². The van der Waals surface area contributed by atoms with E-state index in [0.717, 1.165) is 53.3 Å². The number of fused-ring (bicyclic) bond motifs is 1. The lowest BCUT2D eigenvalue weighted by atomic mass is 10.2. The van der Waals surface area contributed by atoms with E-state index in [1.807, 2.05) is 54.6 Å². The van der Waals surface area contributed by atoms with E-state index < -0.39 is 0 Å². The second kappa shape index (κ2) is 6.79. The van der Waals surface area contributed by atoms with Gasteiger partial charge in [-0.15, -0.1) is 0 Å². The third-order valence-electron chi connectivity index (χ3n) is 4.82. The Morgan fingerprint density at radius 2 is 1.67 bits per heavy atom. The summed E-state index contributed by atoms with van der Waals surface area (Å²) < 4.78 is 10.9. The molecule has 136 valence electrons. The molecule has 0 amide bonds. The fraction of sp³-hybridized carbons (Fsp3) is 0.238. The molecule has 3 heterocycles. The van der Waals surface area contributed by atoms with E-state index in [1.54, 1.807) is 0 Å². The highest BCUT2D eigenvalue weighted by molar-refractivity contribution is 5.67. The second-order valence-corrected chi connectivity index (χ2v) is 6.69. The first kappa shape index (κ1) is 15.9. The van der Waals surface area contributed by atoms with E-state index in [4.69, 9.17) is 19.4 Å². The molecule has 0 aliphatic carbocycles. The first-order valence-electron chi connectivity index (χ1n) is 9.21. The average Bonchev–Trinajstić information content (AvgIpc) is 3.40. The summed E-state index contributed by atoms with van der Waals surface area (Å²) in [6, 6.07) is 17.9. The Kier molecular flexibility index (Phi) is 4.01. The van der Waals surface area contributed by atoms with Gasteiger partial charge in [-0.25, -0.2) is 9.97 Å². The van der Waals surface area contributed by atoms with Crippen LogP contribution in [0.4, 0.5) is 17.3 Å². The number of nitrogens with zero attached hydrogens (tertiary/aromatic N) is 3. The summed E-state index contributed by atoms with van der Waals surface area (Å²) in [5, 5.41) is 3.39. The Morgan fingerprint density at radius 1 is 0.852 bits per heavy atom. The molecule has 1 aromatic heterocycles.